The molecule has 0 aliphatic heterocycles. The second-order valence-electron chi connectivity index (χ2n) is 7.56. The Labute approximate surface area is 200 Å². The van der Waals surface area contributed by atoms with Crippen LogP contribution in [0.15, 0.2) is 48.5 Å². The second-order valence-corrected chi connectivity index (χ2v) is 9.90. The van der Waals surface area contributed by atoms with Gasteiger partial charge in [0.2, 0.25) is 21.8 Å². The Morgan fingerprint density at radius 2 is 1.76 bits per heavy atom. The van der Waals surface area contributed by atoms with Crippen molar-refractivity contribution in [3.8, 4) is 5.75 Å². The molecule has 0 spiro atoms. The lowest BCUT2D eigenvalue weighted by Crippen LogP contribution is -2.51. The number of halogens is 1. The molecular weight excluding hydrogens is 466 g/mol. The van der Waals surface area contributed by atoms with Crippen LogP contribution < -0.4 is 14.4 Å². The summed E-state index contributed by atoms with van der Waals surface area (Å²) in [7, 11) is -2.41. The van der Waals surface area contributed by atoms with Gasteiger partial charge in [-0.1, -0.05) is 42.8 Å². The molecule has 0 bridgehead atoms. The number of hydrogen-bond acceptors (Lipinski definition) is 5. The van der Waals surface area contributed by atoms with Crippen LogP contribution in [0, 0.1) is 0 Å². The van der Waals surface area contributed by atoms with Crippen molar-refractivity contribution in [3.63, 3.8) is 0 Å². The molecule has 180 valence electrons. The second kappa shape index (κ2) is 11.9. The topological polar surface area (TPSA) is 96.0 Å². The first-order chi connectivity index (χ1) is 15.6. The molecule has 33 heavy (non-hydrogen) atoms. The fourth-order valence-corrected chi connectivity index (χ4v) is 4.17. The highest BCUT2D eigenvalue weighted by Crippen LogP contribution is 2.29. The zero-order chi connectivity index (χ0) is 24.6. The Balaban J connectivity index is 2.39. The number of amides is 2. The molecule has 1 N–H and O–H groups in total. The van der Waals surface area contributed by atoms with Crippen molar-refractivity contribution >= 4 is 39.1 Å². The normalized spacial score (nSPS) is 12.0. The Morgan fingerprint density at radius 1 is 1.12 bits per heavy atom. The molecule has 0 unspecified atom stereocenters. The molecule has 2 rings (SSSR count). The van der Waals surface area contributed by atoms with E-state index < -0.39 is 28.5 Å². The molecule has 10 heteroatoms. The lowest BCUT2D eigenvalue weighted by atomic mass is 10.1. The smallest absolute Gasteiger partial charge is 0.244 e. The Kier molecular flexibility index (Phi) is 9.55. The molecule has 2 amide bonds. The minimum atomic E-state index is -3.83. The fraction of sp³-hybridized carbons (Fsp3) is 0.391. The molecule has 0 radical (unpaired) electrons. The van der Waals surface area contributed by atoms with Crippen molar-refractivity contribution < 1.29 is 22.7 Å². The number of para-hydroxylation sites is 2. The van der Waals surface area contributed by atoms with Crippen LogP contribution in [-0.4, -0.2) is 57.6 Å². The maximum atomic E-state index is 13.4. The molecule has 0 saturated heterocycles. The lowest BCUT2D eigenvalue weighted by Gasteiger charge is -2.31. The molecular formula is C23H30ClN3O5S. The summed E-state index contributed by atoms with van der Waals surface area (Å²) in [5.41, 5.74) is 0.997. The van der Waals surface area contributed by atoms with Gasteiger partial charge in [0.15, 0.2) is 0 Å². The Bertz CT molecular complexity index is 1060. The van der Waals surface area contributed by atoms with Crippen LogP contribution in [0.3, 0.4) is 0 Å². The van der Waals surface area contributed by atoms with E-state index in [1.54, 1.807) is 55.5 Å². The molecule has 0 aliphatic rings. The number of sulfonamides is 1. The zero-order valence-electron chi connectivity index (χ0n) is 19.2. The van der Waals surface area contributed by atoms with Crippen molar-refractivity contribution in [2.75, 3.05) is 30.8 Å². The Morgan fingerprint density at radius 3 is 2.33 bits per heavy atom. The van der Waals surface area contributed by atoms with E-state index in [1.807, 2.05) is 6.92 Å². The minimum Gasteiger partial charge on any atom is -0.495 e. The average Bonchev–Trinajstić information content (AvgIpc) is 2.79. The molecule has 0 heterocycles. The number of rotatable bonds is 11. The number of carbonyl (C=O) groups is 2. The first kappa shape index (κ1) is 26.5. The molecule has 0 aliphatic carbocycles. The van der Waals surface area contributed by atoms with Crippen LogP contribution in [-0.2, 0) is 26.2 Å². The number of ether oxygens (including phenoxy) is 1. The van der Waals surface area contributed by atoms with Crippen molar-refractivity contribution in [1.82, 2.24) is 10.2 Å². The Hall–Kier alpha value is -2.78. The number of nitrogens with zero attached hydrogens (tertiary/aromatic N) is 2. The fourth-order valence-electron chi connectivity index (χ4n) is 3.20. The van der Waals surface area contributed by atoms with Gasteiger partial charge in [0, 0.05) is 18.1 Å². The van der Waals surface area contributed by atoms with Crippen molar-refractivity contribution in [2.45, 2.75) is 32.9 Å². The van der Waals surface area contributed by atoms with Gasteiger partial charge in [-0.15, -0.1) is 0 Å². The summed E-state index contributed by atoms with van der Waals surface area (Å²) in [5.74, 6) is -0.531. The standard InChI is InChI=1S/C23H30ClN3O5S/c1-5-14-25-23(29)17(2)26(15-18-10-12-19(24)13-11-18)22(28)16-27(33(4,30)31)20-8-6-7-9-21(20)32-3/h6-13,17H,5,14-16H2,1-4H3,(H,25,29)/t17-/m0/s1. The van der Waals surface area contributed by atoms with Gasteiger partial charge >= 0.3 is 0 Å². The van der Waals surface area contributed by atoms with Crippen molar-refractivity contribution in [2.24, 2.45) is 0 Å². The molecule has 0 fully saturated rings. The summed E-state index contributed by atoms with van der Waals surface area (Å²) in [6.07, 6.45) is 1.77. The van der Waals surface area contributed by atoms with Crippen LogP contribution in [0.25, 0.3) is 0 Å². The molecule has 1 atom stereocenters. The highest BCUT2D eigenvalue weighted by atomic mass is 35.5. The van der Waals surface area contributed by atoms with E-state index in [4.69, 9.17) is 16.3 Å². The number of carbonyl (C=O) groups excluding carboxylic acids is 2. The van der Waals surface area contributed by atoms with Gasteiger partial charge in [0.1, 0.15) is 18.3 Å². The average molecular weight is 496 g/mol. The molecule has 2 aromatic rings. The van der Waals surface area contributed by atoms with E-state index in [0.29, 0.717) is 17.3 Å². The van der Waals surface area contributed by atoms with Crippen molar-refractivity contribution in [3.05, 3.63) is 59.1 Å². The zero-order valence-corrected chi connectivity index (χ0v) is 20.8. The quantitative estimate of drug-likeness (QED) is 0.517. The molecule has 8 nitrogen and oxygen atoms in total. The number of hydrogen-bond donors (Lipinski definition) is 1. The summed E-state index contributed by atoms with van der Waals surface area (Å²) in [6.45, 7) is 3.65. The van der Waals surface area contributed by atoms with E-state index in [-0.39, 0.29) is 18.1 Å². The maximum Gasteiger partial charge on any atom is 0.244 e. The number of anilines is 1. The molecule has 0 saturated carbocycles. The molecule has 0 aromatic heterocycles. The third-order valence-electron chi connectivity index (χ3n) is 5.02. The monoisotopic (exact) mass is 495 g/mol. The lowest BCUT2D eigenvalue weighted by molar-refractivity contribution is -0.139. The number of benzene rings is 2. The van der Waals surface area contributed by atoms with Crippen LogP contribution in [0.2, 0.25) is 5.02 Å². The van der Waals surface area contributed by atoms with Gasteiger partial charge in [-0.05, 0) is 43.2 Å². The van der Waals surface area contributed by atoms with E-state index >= 15 is 0 Å². The van der Waals surface area contributed by atoms with E-state index in [1.165, 1.54) is 12.0 Å². The molecule has 2 aromatic carbocycles. The third-order valence-corrected chi connectivity index (χ3v) is 6.39. The minimum absolute atomic E-state index is 0.111. The maximum absolute atomic E-state index is 13.4. The van der Waals surface area contributed by atoms with Crippen LogP contribution in [0.4, 0.5) is 5.69 Å². The van der Waals surface area contributed by atoms with Crippen LogP contribution in [0.5, 0.6) is 5.75 Å². The number of nitrogens with one attached hydrogen (secondary N) is 1. The van der Waals surface area contributed by atoms with E-state index in [2.05, 4.69) is 5.32 Å². The van der Waals surface area contributed by atoms with Crippen LogP contribution in [0.1, 0.15) is 25.8 Å². The highest BCUT2D eigenvalue weighted by molar-refractivity contribution is 7.92. The van der Waals surface area contributed by atoms with Gasteiger partial charge in [0.25, 0.3) is 0 Å². The van der Waals surface area contributed by atoms with E-state index in [0.717, 1.165) is 22.5 Å². The third kappa shape index (κ3) is 7.36. The van der Waals surface area contributed by atoms with E-state index in [9.17, 15) is 18.0 Å². The summed E-state index contributed by atoms with van der Waals surface area (Å²) >= 11 is 5.97. The van der Waals surface area contributed by atoms with Crippen LogP contribution >= 0.6 is 11.6 Å². The summed E-state index contributed by atoms with van der Waals surface area (Å²) < 4.78 is 31.5. The predicted molar refractivity (Wildman–Crippen MR) is 130 cm³/mol. The summed E-state index contributed by atoms with van der Waals surface area (Å²) in [6, 6.07) is 12.6. The highest BCUT2D eigenvalue weighted by Gasteiger charge is 2.30. The summed E-state index contributed by atoms with van der Waals surface area (Å²) in [4.78, 5) is 27.5. The first-order valence-corrected chi connectivity index (χ1v) is 12.7. The van der Waals surface area contributed by atoms with Gasteiger partial charge in [-0.25, -0.2) is 8.42 Å². The van der Waals surface area contributed by atoms with Gasteiger partial charge in [0.05, 0.1) is 19.1 Å². The first-order valence-electron chi connectivity index (χ1n) is 10.5. The predicted octanol–water partition coefficient (Wildman–Crippen LogP) is 3.06. The van der Waals surface area contributed by atoms with Crippen molar-refractivity contribution in [1.29, 1.82) is 0 Å². The van der Waals surface area contributed by atoms with Gasteiger partial charge in [-0.3, -0.25) is 13.9 Å². The number of methoxy groups -OCH3 is 1. The van der Waals surface area contributed by atoms with Gasteiger partial charge in [-0.2, -0.15) is 0 Å². The largest absolute Gasteiger partial charge is 0.495 e. The SMILES string of the molecule is CCCNC(=O)[C@H](C)N(Cc1ccc(Cl)cc1)C(=O)CN(c1ccccc1OC)S(C)(=O)=O. The van der Waals surface area contributed by atoms with Gasteiger partial charge < -0.3 is 15.0 Å². The summed E-state index contributed by atoms with van der Waals surface area (Å²) in [5, 5.41) is 3.34.